The Morgan fingerprint density at radius 1 is 1.59 bits per heavy atom. The second kappa shape index (κ2) is 4.84. The molecular weight excluding hydrogens is 238 g/mol. The van der Waals surface area contributed by atoms with Crippen molar-refractivity contribution in [2.45, 2.75) is 13.3 Å². The van der Waals surface area contributed by atoms with Crippen LogP contribution in [0.3, 0.4) is 0 Å². The summed E-state index contributed by atoms with van der Waals surface area (Å²) in [4.78, 5) is 2.30. The first-order valence-corrected chi connectivity index (χ1v) is 6.02. The van der Waals surface area contributed by atoms with Gasteiger partial charge in [-0.15, -0.1) is 0 Å². The van der Waals surface area contributed by atoms with Gasteiger partial charge in [-0.2, -0.15) is 0 Å². The minimum absolute atomic E-state index is 0.0383. The van der Waals surface area contributed by atoms with Gasteiger partial charge in [0, 0.05) is 24.3 Å². The highest BCUT2D eigenvalue weighted by atomic mass is 35.5. The first kappa shape index (κ1) is 12.0. The lowest BCUT2D eigenvalue weighted by molar-refractivity contribution is 0.318. The molecule has 5 heteroatoms. The third-order valence-electron chi connectivity index (χ3n) is 3.13. The number of benzene rings is 1. The number of oxime groups is 1. The molecule has 1 atom stereocenters. The molecule has 1 aromatic carbocycles. The van der Waals surface area contributed by atoms with E-state index in [1.807, 2.05) is 12.1 Å². The molecule has 0 aliphatic carbocycles. The van der Waals surface area contributed by atoms with Gasteiger partial charge in [-0.3, -0.25) is 0 Å². The van der Waals surface area contributed by atoms with Crippen molar-refractivity contribution in [3.63, 3.8) is 0 Å². The van der Waals surface area contributed by atoms with E-state index in [2.05, 4.69) is 17.0 Å². The first-order chi connectivity index (χ1) is 8.11. The van der Waals surface area contributed by atoms with E-state index in [1.54, 1.807) is 6.07 Å². The Hall–Kier alpha value is -1.42. The molecule has 0 spiro atoms. The molecule has 1 fully saturated rings. The van der Waals surface area contributed by atoms with Crippen molar-refractivity contribution < 1.29 is 5.21 Å². The first-order valence-electron chi connectivity index (χ1n) is 5.64. The quantitative estimate of drug-likeness (QED) is 0.368. The van der Waals surface area contributed by atoms with E-state index in [1.165, 1.54) is 6.42 Å². The average Bonchev–Trinajstić information content (AvgIpc) is 2.75. The molecule has 92 valence electrons. The van der Waals surface area contributed by atoms with Crippen molar-refractivity contribution in [2.75, 3.05) is 18.0 Å². The van der Waals surface area contributed by atoms with Crippen LogP contribution in [-0.4, -0.2) is 24.1 Å². The molecular formula is C12H16ClN3O. The van der Waals surface area contributed by atoms with Gasteiger partial charge in [0.05, 0.1) is 5.02 Å². The van der Waals surface area contributed by atoms with Gasteiger partial charge >= 0.3 is 0 Å². The van der Waals surface area contributed by atoms with Crippen LogP contribution in [-0.2, 0) is 0 Å². The topological polar surface area (TPSA) is 61.8 Å². The number of nitrogens with zero attached hydrogens (tertiary/aromatic N) is 2. The fourth-order valence-corrected chi connectivity index (χ4v) is 2.40. The Kier molecular flexibility index (Phi) is 3.43. The maximum atomic E-state index is 8.62. The maximum absolute atomic E-state index is 8.62. The monoisotopic (exact) mass is 253 g/mol. The lowest BCUT2D eigenvalue weighted by atomic mass is 10.1. The normalized spacial score (nSPS) is 20.9. The van der Waals surface area contributed by atoms with Gasteiger partial charge in [-0.05, 0) is 30.5 Å². The summed E-state index contributed by atoms with van der Waals surface area (Å²) in [6.07, 6.45) is 1.21. The molecule has 4 nitrogen and oxygen atoms in total. The molecule has 0 saturated carbocycles. The number of halogens is 1. The van der Waals surface area contributed by atoms with Gasteiger partial charge in [0.15, 0.2) is 5.84 Å². The summed E-state index contributed by atoms with van der Waals surface area (Å²) >= 11 is 6.12. The standard InChI is InChI=1S/C12H16ClN3O/c1-8-4-5-16(7-8)9-2-3-10(11(13)6-9)12(14)15-17/h2-3,6,8,17H,4-5,7H2,1H3,(H2,14,15). The zero-order valence-electron chi connectivity index (χ0n) is 9.73. The van der Waals surface area contributed by atoms with E-state index >= 15 is 0 Å². The maximum Gasteiger partial charge on any atom is 0.171 e. The van der Waals surface area contributed by atoms with E-state index in [-0.39, 0.29) is 5.84 Å². The molecule has 1 aliphatic rings. The van der Waals surface area contributed by atoms with E-state index < -0.39 is 0 Å². The molecule has 1 unspecified atom stereocenters. The summed E-state index contributed by atoms with van der Waals surface area (Å²) in [6, 6.07) is 5.61. The highest BCUT2D eigenvalue weighted by Crippen LogP contribution is 2.27. The molecule has 1 heterocycles. The van der Waals surface area contributed by atoms with Gasteiger partial charge < -0.3 is 15.8 Å². The molecule has 1 aliphatic heterocycles. The van der Waals surface area contributed by atoms with Crippen LogP contribution in [0.25, 0.3) is 0 Å². The lowest BCUT2D eigenvalue weighted by Crippen LogP contribution is -2.20. The van der Waals surface area contributed by atoms with Gasteiger partial charge in [0.25, 0.3) is 0 Å². The Morgan fingerprint density at radius 3 is 2.88 bits per heavy atom. The number of hydrogen-bond acceptors (Lipinski definition) is 3. The summed E-state index contributed by atoms with van der Waals surface area (Å²) in [5, 5.41) is 12.1. The van der Waals surface area contributed by atoms with Crippen LogP contribution in [0, 0.1) is 5.92 Å². The van der Waals surface area contributed by atoms with E-state index in [0.717, 1.165) is 24.7 Å². The third kappa shape index (κ3) is 2.47. The number of hydrogen-bond donors (Lipinski definition) is 2. The van der Waals surface area contributed by atoms with Gasteiger partial charge in [-0.1, -0.05) is 23.7 Å². The van der Waals surface area contributed by atoms with Gasteiger partial charge in [-0.25, -0.2) is 0 Å². The lowest BCUT2D eigenvalue weighted by Gasteiger charge is -2.19. The highest BCUT2D eigenvalue weighted by molar-refractivity contribution is 6.34. The molecule has 0 aromatic heterocycles. The Labute approximate surface area is 106 Å². The SMILES string of the molecule is CC1CCN(c2ccc(C(N)=NO)c(Cl)c2)C1. The summed E-state index contributed by atoms with van der Waals surface area (Å²) in [5.74, 6) is 0.758. The van der Waals surface area contributed by atoms with Crippen LogP contribution in [0.15, 0.2) is 23.4 Å². The second-order valence-electron chi connectivity index (χ2n) is 4.49. The fourth-order valence-electron chi connectivity index (χ4n) is 2.13. The molecule has 1 saturated heterocycles. The van der Waals surface area contributed by atoms with Crippen LogP contribution in [0.5, 0.6) is 0 Å². The van der Waals surface area contributed by atoms with Crippen LogP contribution in [0.4, 0.5) is 5.69 Å². The molecule has 0 amide bonds. The minimum atomic E-state index is 0.0383. The number of anilines is 1. The Balaban J connectivity index is 2.25. The van der Waals surface area contributed by atoms with E-state index in [4.69, 9.17) is 22.5 Å². The number of nitrogens with two attached hydrogens (primary N) is 1. The largest absolute Gasteiger partial charge is 0.409 e. The predicted molar refractivity (Wildman–Crippen MR) is 70.0 cm³/mol. The molecule has 17 heavy (non-hydrogen) atoms. The number of rotatable bonds is 2. The molecule has 0 bridgehead atoms. The molecule has 2 rings (SSSR count). The van der Waals surface area contributed by atoms with E-state index in [9.17, 15) is 0 Å². The van der Waals surface area contributed by atoms with Gasteiger partial charge in [0.2, 0.25) is 0 Å². The van der Waals surface area contributed by atoms with Crippen molar-refractivity contribution in [2.24, 2.45) is 16.8 Å². The zero-order chi connectivity index (χ0) is 12.4. The smallest absolute Gasteiger partial charge is 0.171 e. The van der Waals surface area contributed by atoms with Crippen molar-refractivity contribution in [1.29, 1.82) is 0 Å². The van der Waals surface area contributed by atoms with Crippen molar-refractivity contribution in [3.8, 4) is 0 Å². The number of amidine groups is 1. The zero-order valence-corrected chi connectivity index (χ0v) is 10.5. The molecule has 3 N–H and O–H groups in total. The molecule has 0 radical (unpaired) electrons. The summed E-state index contributed by atoms with van der Waals surface area (Å²) in [7, 11) is 0. The van der Waals surface area contributed by atoms with Gasteiger partial charge in [0.1, 0.15) is 0 Å². The average molecular weight is 254 g/mol. The third-order valence-corrected chi connectivity index (χ3v) is 3.44. The van der Waals surface area contributed by atoms with Crippen molar-refractivity contribution in [1.82, 2.24) is 0 Å². The summed E-state index contributed by atoms with van der Waals surface area (Å²) in [5.41, 5.74) is 7.17. The minimum Gasteiger partial charge on any atom is -0.409 e. The Morgan fingerprint density at radius 2 is 2.35 bits per heavy atom. The van der Waals surface area contributed by atoms with Crippen LogP contribution < -0.4 is 10.6 Å². The predicted octanol–water partition coefficient (Wildman–Crippen LogP) is 2.28. The van der Waals surface area contributed by atoms with Crippen LogP contribution in [0.2, 0.25) is 5.02 Å². The Bertz CT molecular complexity index is 447. The highest BCUT2D eigenvalue weighted by Gasteiger charge is 2.19. The fraction of sp³-hybridized carbons (Fsp3) is 0.417. The molecule has 1 aromatic rings. The van der Waals surface area contributed by atoms with Crippen LogP contribution >= 0.6 is 11.6 Å². The van der Waals surface area contributed by atoms with Crippen LogP contribution in [0.1, 0.15) is 18.9 Å². The van der Waals surface area contributed by atoms with Crippen molar-refractivity contribution >= 4 is 23.1 Å². The summed E-state index contributed by atoms with van der Waals surface area (Å²) < 4.78 is 0. The summed E-state index contributed by atoms with van der Waals surface area (Å²) in [6.45, 7) is 4.35. The van der Waals surface area contributed by atoms with Crippen molar-refractivity contribution in [3.05, 3.63) is 28.8 Å². The second-order valence-corrected chi connectivity index (χ2v) is 4.90. The van der Waals surface area contributed by atoms with E-state index in [0.29, 0.717) is 10.6 Å².